The zero-order valence-electron chi connectivity index (χ0n) is 11.5. The predicted octanol–water partition coefficient (Wildman–Crippen LogP) is 4.09. The van der Waals surface area contributed by atoms with Gasteiger partial charge < -0.3 is 10.6 Å². The van der Waals surface area contributed by atoms with Crippen LogP contribution in [0, 0.1) is 12.8 Å². The molecule has 102 valence electrons. The summed E-state index contributed by atoms with van der Waals surface area (Å²) in [6.45, 7) is 2.07. The minimum atomic E-state index is 0.143. The van der Waals surface area contributed by atoms with Gasteiger partial charge in [-0.2, -0.15) is 0 Å². The summed E-state index contributed by atoms with van der Waals surface area (Å²) in [6, 6.07) is 16.1. The molecule has 3 nitrogen and oxygen atoms in total. The fourth-order valence-electron chi connectivity index (χ4n) is 2.12. The molecule has 0 spiro atoms. The summed E-state index contributed by atoms with van der Waals surface area (Å²) in [7, 11) is 0. The number of carbonyl (C=O) groups excluding carboxylic acids is 1. The predicted molar refractivity (Wildman–Crippen MR) is 82.3 cm³/mol. The van der Waals surface area contributed by atoms with Gasteiger partial charge in [0, 0.05) is 23.0 Å². The van der Waals surface area contributed by atoms with Gasteiger partial charge in [-0.15, -0.1) is 0 Å². The molecule has 0 bridgehead atoms. The molecule has 0 aromatic heterocycles. The van der Waals surface area contributed by atoms with E-state index >= 15 is 0 Å². The van der Waals surface area contributed by atoms with Crippen LogP contribution in [-0.4, -0.2) is 5.91 Å². The van der Waals surface area contributed by atoms with E-state index in [-0.39, 0.29) is 11.8 Å². The van der Waals surface area contributed by atoms with Crippen molar-refractivity contribution in [3.8, 4) is 0 Å². The quantitative estimate of drug-likeness (QED) is 0.875. The molecule has 1 aliphatic carbocycles. The summed E-state index contributed by atoms with van der Waals surface area (Å²) >= 11 is 0. The Bertz CT molecular complexity index is 615. The van der Waals surface area contributed by atoms with Crippen molar-refractivity contribution >= 4 is 23.0 Å². The SMILES string of the molecule is Cc1cccc(Nc2ccc(NC(=O)C3CC3)cc2)c1. The zero-order valence-corrected chi connectivity index (χ0v) is 11.5. The third kappa shape index (κ3) is 3.18. The maximum atomic E-state index is 11.7. The molecule has 2 aromatic carbocycles. The number of benzene rings is 2. The molecule has 1 fully saturated rings. The van der Waals surface area contributed by atoms with Crippen molar-refractivity contribution in [2.45, 2.75) is 19.8 Å². The first-order valence-corrected chi connectivity index (χ1v) is 6.95. The highest BCUT2D eigenvalue weighted by molar-refractivity contribution is 5.94. The number of aryl methyl sites for hydroxylation is 1. The Labute approximate surface area is 119 Å². The second-order valence-electron chi connectivity index (χ2n) is 5.34. The minimum absolute atomic E-state index is 0.143. The molecule has 3 rings (SSSR count). The smallest absolute Gasteiger partial charge is 0.227 e. The molecule has 1 saturated carbocycles. The van der Waals surface area contributed by atoms with Crippen LogP contribution in [-0.2, 0) is 4.79 Å². The molecule has 0 atom stereocenters. The maximum Gasteiger partial charge on any atom is 0.227 e. The molecule has 0 radical (unpaired) electrons. The molecular weight excluding hydrogens is 248 g/mol. The van der Waals surface area contributed by atoms with Crippen molar-refractivity contribution in [2.24, 2.45) is 5.92 Å². The minimum Gasteiger partial charge on any atom is -0.356 e. The van der Waals surface area contributed by atoms with Crippen molar-refractivity contribution in [3.05, 3.63) is 54.1 Å². The normalized spacial score (nSPS) is 13.8. The van der Waals surface area contributed by atoms with E-state index in [4.69, 9.17) is 0 Å². The Kier molecular flexibility index (Phi) is 3.42. The van der Waals surface area contributed by atoms with Crippen LogP contribution in [0.15, 0.2) is 48.5 Å². The highest BCUT2D eigenvalue weighted by Gasteiger charge is 2.29. The molecule has 3 heteroatoms. The number of nitrogens with one attached hydrogen (secondary N) is 2. The first kappa shape index (κ1) is 12.7. The molecule has 0 unspecified atom stereocenters. The van der Waals surface area contributed by atoms with Crippen LogP contribution in [0.4, 0.5) is 17.1 Å². The Hall–Kier alpha value is -2.29. The second kappa shape index (κ2) is 5.37. The van der Waals surface area contributed by atoms with Crippen LogP contribution < -0.4 is 10.6 Å². The third-order valence-corrected chi connectivity index (χ3v) is 3.41. The molecular formula is C17H18N2O. The Balaban J connectivity index is 1.65. The van der Waals surface area contributed by atoms with Gasteiger partial charge in [-0.1, -0.05) is 12.1 Å². The van der Waals surface area contributed by atoms with Gasteiger partial charge in [0.25, 0.3) is 0 Å². The number of carbonyl (C=O) groups is 1. The average Bonchev–Trinajstić information content (AvgIpc) is 3.25. The van der Waals surface area contributed by atoms with E-state index in [2.05, 4.69) is 29.7 Å². The standard InChI is InChI=1S/C17H18N2O/c1-12-3-2-4-16(11-12)18-14-7-9-15(10-8-14)19-17(20)13-5-6-13/h2-4,7-11,13,18H,5-6H2,1H3,(H,19,20). The second-order valence-corrected chi connectivity index (χ2v) is 5.34. The van der Waals surface area contributed by atoms with E-state index in [9.17, 15) is 4.79 Å². The molecule has 0 saturated heterocycles. The first-order valence-electron chi connectivity index (χ1n) is 6.95. The molecule has 1 amide bonds. The van der Waals surface area contributed by atoms with E-state index in [1.807, 2.05) is 36.4 Å². The van der Waals surface area contributed by atoms with Gasteiger partial charge >= 0.3 is 0 Å². The van der Waals surface area contributed by atoms with Crippen molar-refractivity contribution in [3.63, 3.8) is 0 Å². The van der Waals surface area contributed by atoms with Gasteiger partial charge in [-0.25, -0.2) is 0 Å². The van der Waals surface area contributed by atoms with E-state index in [0.29, 0.717) is 0 Å². The lowest BCUT2D eigenvalue weighted by molar-refractivity contribution is -0.117. The summed E-state index contributed by atoms with van der Waals surface area (Å²) in [4.78, 5) is 11.7. The topological polar surface area (TPSA) is 41.1 Å². The van der Waals surface area contributed by atoms with Crippen LogP contribution in [0.1, 0.15) is 18.4 Å². The van der Waals surface area contributed by atoms with Gasteiger partial charge in [-0.05, 0) is 61.7 Å². The van der Waals surface area contributed by atoms with E-state index in [0.717, 1.165) is 29.9 Å². The highest BCUT2D eigenvalue weighted by Crippen LogP contribution is 2.30. The average molecular weight is 266 g/mol. The molecule has 20 heavy (non-hydrogen) atoms. The Morgan fingerprint density at radius 3 is 2.35 bits per heavy atom. The number of rotatable bonds is 4. The molecule has 0 aliphatic heterocycles. The van der Waals surface area contributed by atoms with Crippen molar-refractivity contribution in [1.82, 2.24) is 0 Å². The van der Waals surface area contributed by atoms with Crippen molar-refractivity contribution < 1.29 is 4.79 Å². The van der Waals surface area contributed by atoms with Crippen LogP contribution in [0.5, 0.6) is 0 Å². The van der Waals surface area contributed by atoms with E-state index < -0.39 is 0 Å². The lowest BCUT2D eigenvalue weighted by Crippen LogP contribution is -2.13. The molecule has 2 aromatic rings. The van der Waals surface area contributed by atoms with Crippen molar-refractivity contribution in [2.75, 3.05) is 10.6 Å². The summed E-state index contributed by atoms with van der Waals surface area (Å²) in [6.07, 6.45) is 2.05. The monoisotopic (exact) mass is 266 g/mol. The molecule has 0 heterocycles. The maximum absolute atomic E-state index is 11.7. The van der Waals surface area contributed by atoms with E-state index in [1.54, 1.807) is 0 Å². The number of hydrogen-bond donors (Lipinski definition) is 2. The van der Waals surface area contributed by atoms with Crippen molar-refractivity contribution in [1.29, 1.82) is 0 Å². The highest BCUT2D eigenvalue weighted by atomic mass is 16.2. The van der Waals surface area contributed by atoms with Crippen LogP contribution >= 0.6 is 0 Å². The largest absolute Gasteiger partial charge is 0.356 e. The number of hydrogen-bond acceptors (Lipinski definition) is 2. The Morgan fingerprint density at radius 1 is 1.00 bits per heavy atom. The third-order valence-electron chi connectivity index (χ3n) is 3.41. The lowest BCUT2D eigenvalue weighted by atomic mass is 10.2. The summed E-state index contributed by atoms with van der Waals surface area (Å²) < 4.78 is 0. The molecule has 1 aliphatic rings. The van der Waals surface area contributed by atoms with Gasteiger partial charge in [0.1, 0.15) is 0 Å². The van der Waals surface area contributed by atoms with Crippen LogP contribution in [0.2, 0.25) is 0 Å². The summed E-state index contributed by atoms with van der Waals surface area (Å²) in [5, 5.41) is 6.29. The fourth-order valence-corrected chi connectivity index (χ4v) is 2.12. The van der Waals surface area contributed by atoms with Crippen LogP contribution in [0.3, 0.4) is 0 Å². The zero-order chi connectivity index (χ0) is 13.9. The first-order chi connectivity index (χ1) is 9.70. The van der Waals surface area contributed by atoms with Gasteiger partial charge in [0.05, 0.1) is 0 Å². The van der Waals surface area contributed by atoms with Gasteiger partial charge in [-0.3, -0.25) is 4.79 Å². The van der Waals surface area contributed by atoms with Gasteiger partial charge in [0.15, 0.2) is 0 Å². The number of anilines is 3. The Morgan fingerprint density at radius 2 is 1.70 bits per heavy atom. The summed E-state index contributed by atoms with van der Waals surface area (Å²) in [5.41, 5.74) is 4.17. The molecule has 2 N–H and O–H groups in total. The van der Waals surface area contributed by atoms with Gasteiger partial charge in [0.2, 0.25) is 5.91 Å². The van der Waals surface area contributed by atoms with E-state index in [1.165, 1.54) is 5.56 Å². The lowest BCUT2D eigenvalue weighted by Gasteiger charge is -2.09. The van der Waals surface area contributed by atoms with Crippen LogP contribution in [0.25, 0.3) is 0 Å². The fraction of sp³-hybridized carbons (Fsp3) is 0.235. The number of amides is 1. The summed E-state index contributed by atoms with van der Waals surface area (Å²) in [5.74, 6) is 0.379.